The second-order valence-corrected chi connectivity index (χ2v) is 6.23. The number of para-hydroxylation sites is 1. The van der Waals surface area contributed by atoms with E-state index in [1.54, 1.807) is 12.1 Å². The molecule has 0 spiro atoms. The first-order valence-corrected chi connectivity index (χ1v) is 8.06. The van der Waals surface area contributed by atoms with Crippen LogP contribution in [0.4, 0.5) is 0 Å². The number of aryl methyl sites for hydroxylation is 1. The quantitative estimate of drug-likeness (QED) is 0.617. The lowest BCUT2D eigenvalue weighted by molar-refractivity contribution is 0.0598. The average molecular weight is 336 g/mol. The van der Waals surface area contributed by atoms with Crippen LogP contribution in [-0.4, -0.2) is 28.6 Å². The largest absolute Gasteiger partial charge is 0.493 e. The number of carbonyl (C=O) groups is 1. The molecule has 0 bridgehead atoms. The van der Waals surface area contributed by atoms with Gasteiger partial charge in [0.05, 0.1) is 14.2 Å². The maximum Gasteiger partial charge on any atom is 0.341 e. The van der Waals surface area contributed by atoms with Crippen LogP contribution in [-0.2, 0) is 14.9 Å². The number of hydrogen-bond donors (Lipinski definition) is 0. The molecule has 0 fully saturated rings. The van der Waals surface area contributed by atoms with Gasteiger partial charge in [-0.1, -0.05) is 23.8 Å². The molecule has 122 valence electrons. The fourth-order valence-corrected chi connectivity index (χ4v) is 2.85. The van der Waals surface area contributed by atoms with E-state index < -0.39 is 16.1 Å². The molecule has 6 nitrogen and oxygen atoms in total. The highest BCUT2D eigenvalue weighted by atomic mass is 32.2. The summed E-state index contributed by atoms with van der Waals surface area (Å²) in [6.45, 7) is 1.84. The first-order chi connectivity index (χ1) is 10.9. The number of benzene rings is 2. The number of esters is 1. The van der Waals surface area contributed by atoms with Gasteiger partial charge in [0, 0.05) is 0 Å². The highest BCUT2D eigenvalue weighted by molar-refractivity contribution is 7.87. The number of carbonyl (C=O) groups excluding carboxylic acids is 1. The van der Waals surface area contributed by atoms with Crippen molar-refractivity contribution in [2.24, 2.45) is 0 Å². The first-order valence-electron chi connectivity index (χ1n) is 6.65. The van der Waals surface area contributed by atoms with Crippen molar-refractivity contribution in [2.45, 2.75) is 11.8 Å². The number of hydrogen-bond acceptors (Lipinski definition) is 6. The Morgan fingerprint density at radius 2 is 1.65 bits per heavy atom. The Morgan fingerprint density at radius 3 is 2.22 bits per heavy atom. The summed E-state index contributed by atoms with van der Waals surface area (Å²) in [5.74, 6) is -0.816. The van der Waals surface area contributed by atoms with Gasteiger partial charge in [-0.2, -0.15) is 8.42 Å². The van der Waals surface area contributed by atoms with E-state index in [-0.39, 0.29) is 22.0 Å². The molecule has 0 heterocycles. The molecule has 7 heteroatoms. The van der Waals surface area contributed by atoms with E-state index in [9.17, 15) is 13.2 Å². The lowest BCUT2D eigenvalue weighted by atomic mass is 10.2. The SMILES string of the molecule is COC(=O)c1cccc(OC)c1OS(=O)(=O)c1ccc(C)cc1. The van der Waals surface area contributed by atoms with Crippen LogP contribution < -0.4 is 8.92 Å². The maximum atomic E-state index is 12.4. The predicted octanol–water partition coefficient (Wildman–Crippen LogP) is 2.56. The second-order valence-electron chi connectivity index (χ2n) is 4.68. The Balaban J connectivity index is 2.50. The minimum atomic E-state index is -4.11. The molecule has 2 rings (SSSR count). The molecule has 2 aromatic carbocycles. The van der Waals surface area contributed by atoms with Crippen molar-refractivity contribution < 1.29 is 26.9 Å². The molecular formula is C16H16O6S. The maximum absolute atomic E-state index is 12.4. The van der Waals surface area contributed by atoms with E-state index >= 15 is 0 Å². The third kappa shape index (κ3) is 3.62. The summed E-state index contributed by atoms with van der Waals surface area (Å²) in [4.78, 5) is 11.8. The molecule has 0 saturated carbocycles. The van der Waals surface area contributed by atoms with Crippen LogP contribution in [0.15, 0.2) is 47.4 Å². The Labute approximate surface area is 134 Å². The molecule has 2 aromatic rings. The van der Waals surface area contributed by atoms with Gasteiger partial charge in [-0.05, 0) is 31.2 Å². The fourth-order valence-electron chi connectivity index (χ4n) is 1.90. The summed E-state index contributed by atoms with van der Waals surface area (Å²) in [5.41, 5.74) is 0.874. The zero-order chi connectivity index (χ0) is 17.0. The Hall–Kier alpha value is -2.54. The minimum absolute atomic E-state index is 0.0233. The van der Waals surface area contributed by atoms with Crippen LogP contribution in [0.2, 0.25) is 0 Å². The van der Waals surface area contributed by atoms with Crippen LogP contribution in [0, 0.1) is 6.92 Å². The normalized spacial score (nSPS) is 10.9. The zero-order valence-electron chi connectivity index (χ0n) is 12.9. The van der Waals surface area contributed by atoms with Gasteiger partial charge in [0.15, 0.2) is 11.5 Å². The molecule has 0 atom stereocenters. The van der Waals surface area contributed by atoms with Gasteiger partial charge < -0.3 is 13.7 Å². The summed E-state index contributed by atoms with van der Waals surface area (Å²) >= 11 is 0. The third-order valence-electron chi connectivity index (χ3n) is 3.11. The van der Waals surface area contributed by atoms with Gasteiger partial charge in [-0.25, -0.2) is 4.79 Å². The molecule has 0 aliphatic carbocycles. The van der Waals surface area contributed by atoms with Crippen molar-refractivity contribution >= 4 is 16.1 Å². The molecule has 0 aliphatic heterocycles. The van der Waals surface area contributed by atoms with Crippen molar-refractivity contribution in [2.75, 3.05) is 14.2 Å². The smallest absolute Gasteiger partial charge is 0.341 e. The fraction of sp³-hybridized carbons (Fsp3) is 0.188. The third-order valence-corrected chi connectivity index (χ3v) is 4.34. The zero-order valence-corrected chi connectivity index (χ0v) is 13.7. The molecule has 0 radical (unpaired) electrons. The van der Waals surface area contributed by atoms with Gasteiger partial charge in [0.2, 0.25) is 0 Å². The number of ether oxygens (including phenoxy) is 2. The van der Waals surface area contributed by atoms with Crippen LogP contribution in [0.1, 0.15) is 15.9 Å². The summed E-state index contributed by atoms with van der Waals surface area (Å²) in [7, 11) is -1.57. The molecule has 0 amide bonds. The lowest BCUT2D eigenvalue weighted by Crippen LogP contribution is -2.14. The molecule has 0 aromatic heterocycles. The van der Waals surface area contributed by atoms with Crippen molar-refractivity contribution in [3.8, 4) is 11.5 Å². The molecule has 0 saturated heterocycles. The van der Waals surface area contributed by atoms with Crippen molar-refractivity contribution in [1.82, 2.24) is 0 Å². The molecule has 0 unspecified atom stereocenters. The predicted molar refractivity (Wildman–Crippen MR) is 83.3 cm³/mol. The first kappa shape index (κ1) is 16.8. The van der Waals surface area contributed by atoms with Gasteiger partial charge in [-0.15, -0.1) is 0 Å². The summed E-state index contributed by atoms with van der Waals surface area (Å²) < 4.78 is 39.7. The Bertz CT molecular complexity index is 809. The highest BCUT2D eigenvalue weighted by Gasteiger charge is 2.24. The van der Waals surface area contributed by atoms with Crippen molar-refractivity contribution in [3.63, 3.8) is 0 Å². The summed E-state index contributed by atoms with van der Waals surface area (Å²) in [6, 6.07) is 10.6. The highest BCUT2D eigenvalue weighted by Crippen LogP contribution is 2.34. The van der Waals surface area contributed by atoms with Crippen LogP contribution in [0.5, 0.6) is 11.5 Å². The summed E-state index contributed by atoms with van der Waals surface area (Å²) in [5, 5.41) is 0. The van der Waals surface area contributed by atoms with E-state index in [0.717, 1.165) is 5.56 Å². The van der Waals surface area contributed by atoms with Gasteiger partial charge in [0.25, 0.3) is 0 Å². The average Bonchev–Trinajstić information content (AvgIpc) is 2.54. The van der Waals surface area contributed by atoms with E-state index in [1.807, 2.05) is 6.92 Å². The van der Waals surface area contributed by atoms with Gasteiger partial charge in [-0.3, -0.25) is 0 Å². The van der Waals surface area contributed by atoms with E-state index in [1.165, 1.54) is 44.6 Å². The van der Waals surface area contributed by atoms with Gasteiger partial charge >= 0.3 is 16.1 Å². The van der Waals surface area contributed by atoms with Gasteiger partial charge in [0.1, 0.15) is 10.5 Å². The van der Waals surface area contributed by atoms with Crippen LogP contribution >= 0.6 is 0 Å². The van der Waals surface area contributed by atoms with E-state index in [4.69, 9.17) is 8.92 Å². The van der Waals surface area contributed by atoms with Crippen molar-refractivity contribution in [1.29, 1.82) is 0 Å². The van der Waals surface area contributed by atoms with E-state index in [0.29, 0.717) is 0 Å². The van der Waals surface area contributed by atoms with Crippen LogP contribution in [0.25, 0.3) is 0 Å². The second kappa shape index (κ2) is 6.70. The monoisotopic (exact) mass is 336 g/mol. The molecule has 23 heavy (non-hydrogen) atoms. The molecule has 0 N–H and O–H groups in total. The summed E-state index contributed by atoms with van der Waals surface area (Å²) in [6.07, 6.45) is 0. The van der Waals surface area contributed by atoms with Crippen molar-refractivity contribution in [3.05, 3.63) is 53.6 Å². The molecule has 0 aliphatic rings. The van der Waals surface area contributed by atoms with E-state index in [2.05, 4.69) is 4.74 Å². The lowest BCUT2D eigenvalue weighted by Gasteiger charge is -2.13. The van der Waals surface area contributed by atoms with Crippen LogP contribution in [0.3, 0.4) is 0 Å². The molecular weight excluding hydrogens is 320 g/mol. The number of methoxy groups -OCH3 is 2. The minimum Gasteiger partial charge on any atom is -0.493 e. The Morgan fingerprint density at radius 1 is 1.00 bits per heavy atom. The number of rotatable bonds is 5. The standard InChI is InChI=1S/C16H16O6S/c1-11-7-9-12(10-8-11)23(18,19)22-15-13(16(17)21-3)5-4-6-14(15)20-2/h4-10H,1-3H3. The topological polar surface area (TPSA) is 78.9 Å². The Kier molecular flexibility index (Phi) is 4.90.